The first-order valence-electron chi connectivity index (χ1n) is 8.58. The molecule has 2 aromatic rings. The number of nitrogens with zero attached hydrogens (tertiary/aromatic N) is 2. The minimum absolute atomic E-state index is 0.299. The van der Waals surface area contributed by atoms with Crippen molar-refractivity contribution in [3.05, 3.63) is 52.9 Å². The first kappa shape index (κ1) is 16.7. The van der Waals surface area contributed by atoms with Crippen LogP contribution in [0.4, 0.5) is 0 Å². The van der Waals surface area contributed by atoms with Crippen molar-refractivity contribution in [3.8, 4) is 0 Å². The van der Waals surface area contributed by atoms with Gasteiger partial charge in [-0.05, 0) is 43.5 Å². The summed E-state index contributed by atoms with van der Waals surface area (Å²) < 4.78 is 10.2. The summed E-state index contributed by atoms with van der Waals surface area (Å²) in [6.07, 6.45) is 4.28. The second kappa shape index (κ2) is 7.62. The molecule has 2 heterocycles. The third kappa shape index (κ3) is 3.67. The number of rotatable bonds is 6. The molecule has 0 amide bonds. The summed E-state index contributed by atoms with van der Waals surface area (Å²) >= 11 is 0. The van der Waals surface area contributed by atoms with Crippen molar-refractivity contribution in [3.63, 3.8) is 0 Å². The van der Waals surface area contributed by atoms with Gasteiger partial charge in [-0.2, -0.15) is 0 Å². The fraction of sp³-hybridized carbons (Fsp3) is 0.474. The highest BCUT2D eigenvalue weighted by atomic mass is 16.5. The number of hydrogen-bond acceptors (Lipinski definition) is 5. The van der Waals surface area contributed by atoms with Crippen molar-refractivity contribution in [1.82, 2.24) is 10.1 Å². The molecule has 1 saturated heterocycles. The van der Waals surface area contributed by atoms with Crippen molar-refractivity contribution in [1.29, 1.82) is 0 Å². The summed E-state index contributed by atoms with van der Waals surface area (Å²) in [7, 11) is 1.40. The maximum atomic E-state index is 11.5. The van der Waals surface area contributed by atoms with Gasteiger partial charge in [0.15, 0.2) is 0 Å². The van der Waals surface area contributed by atoms with Gasteiger partial charge in [0.2, 0.25) is 0 Å². The second-order valence-corrected chi connectivity index (χ2v) is 6.29. The number of hydrogen-bond donors (Lipinski definition) is 0. The zero-order chi connectivity index (χ0) is 16.9. The molecule has 1 aliphatic heterocycles. The molecular formula is C19H24N2O3. The lowest BCUT2D eigenvalue weighted by molar-refractivity contribution is 0.0600. The number of ether oxygens (including phenoxy) is 1. The molecule has 5 heteroatoms. The number of carbonyl (C=O) groups is 1. The fourth-order valence-electron chi connectivity index (χ4n) is 3.30. The predicted molar refractivity (Wildman–Crippen MR) is 90.7 cm³/mol. The van der Waals surface area contributed by atoms with E-state index in [0.717, 1.165) is 43.8 Å². The molecule has 0 N–H and O–H groups in total. The van der Waals surface area contributed by atoms with Crippen LogP contribution in [-0.4, -0.2) is 29.7 Å². The highest BCUT2D eigenvalue weighted by molar-refractivity contribution is 5.89. The van der Waals surface area contributed by atoms with Gasteiger partial charge >= 0.3 is 5.97 Å². The fourth-order valence-corrected chi connectivity index (χ4v) is 3.30. The average Bonchev–Trinajstić information content (AvgIpc) is 3.24. The van der Waals surface area contributed by atoms with Crippen LogP contribution in [0.1, 0.15) is 59.6 Å². The Balaban J connectivity index is 1.68. The van der Waals surface area contributed by atoms with E-state index >= 15 is 0 Å². The number of esters is 1. The summed E-state index contributed by atoms with van der Waals surface area (Å²) in [5.41, 5.74) is 2.81. The lowest BCUT2D eigenvalue weighted by atomic mass is 10.1. The van der Waals surface area contributed by atoms with E-state index in [1.807, 2.05) is 24.3 Å². The van der Waals surface area contributed by atoms with Gasteiger partial charge < -0.3 is 9.26 Å². The van der Waals surface area contributed by atoms with Gasteiger partial charge in [0, 0.05) is 19.0 Å². The van der Waals surface area contributed by atoms with Crippen LogP contribution in [0.2, 0.25) is 0 Å². The molecule has 3 rings (SSSR count). The average molecular weight is 328 g/mol. The highest BCUT2D eigenvalue weighted by Crippen LogP contribution is 2.33. The third-order valence-electron chi connectivity index (χ3n) is 4.54. The normalized spacial score (nSPS) is 18.0. The van der Waals surface area contributed by atoms with Crippen LogP contribution in [0.15, 0.2) is 34.9 Å². The summed E-state index contributed by atoms with van der Waals surface area (Å²) in [4.78, 5) is 13.9. The zero-order valence-corrected chi connectivity index (χ0v) is 14.3. The molecule has 0 aliphatic carbocycles. The maximum absolute atomic E-state index is 11.5. The van der Waals surface area contributed by atoms with E-state index in [1.165, 1.54) is 19.1 Å². The van der Waals surface area contributed by atoms with Crippen molar-refractivity contribution in [2.24, 2.45) is 0 Å². The summed E-state index contributed by atoms with van der Waals surface area (Å²) in [5.74, 6) is 0.674. The van der Waals surface area contributed by atoms with Crippen molar-refractivity contribution >= 4 is 5.97 Å². The Labute approximate surface area is 142 Å². The Morgan fingerprint density at radius 1 is 1.38 bits per heavy atom. The molecule has 1 atom stereocenters. The van der Waals surface area contributed by atoms with E-state index in [-0.39, 0.29) is 5.97 Å². The lowest BCUT2D eigenvalue weighted by Crippen LogP contribution is -2.23. The van der Waals surface area contributed by atoms with Gasteiger partial charge in [-0.1, -0.05) is 24.2 Å². The Bertz CT molecular complexity index is 678. The molecule has 1 aromatic carbocycles. The minimum atomic E-state index is -0.299. The molecule has 5 nitrogen and oxygen atoms in total. The monoisotopic (exact) mass is 328 g/mol. The first-order chi connectivity index (χ1) is 11.7. The highest BCUT2D eigenvalue weighted by Gasteiger charge is 2.28. The van der Waals surface area contributed by atoms with E-state index in [0.29, 0.717) is 11.6 Å². The van der Waals surface area contributed by atoms with Gasteiger partial charge in [0.25, 0.3) is 0 Å². The molecule has 0 spiro atoms. The Kier molecular flexibility index (Phi) is 5.30. The number of aromatic nitrogens is 1. The van der Waals surface area contributed by atoms with Crippen LogP contribution >= 0.6 is 0 Å². The largest absolute Gasteiger partial charge is 0.465 e. The van der Waals surface area contributed by atoms with Crippen molar-refractivity contribution in [2.75, 3.05) is 13.7 Å². The molecule has 1 aromatic heterocycles. The molecule has 0 bridgehead atoms. The van der Waals surface area contributed by atoms with Crippen LogP contribution in [0, 0.1) is 0 Å². The number of carbonyl (C=O) groups excluding carboxylic acids is 1. The Morgan fingerprint density at radius 2 is 2.17 bits per heavy atom. The number of methoxy groups -OCH3 is 1. The minimum Gasteiger partial charge on any atom is -0.465 e. The van der Waals surface area contributed by atoms with E-state index in [4.69, 9.17) is 9.26 Å². The van der Waals surface area contributed by atoms with Gasteiger partial charge in [-0.15, -0.1) is 0 Å². The van der Waals surface area contributed by atoms with Gasteiger partial charge in [-0.3, -0.25) is 4.90 Å². The topological polar surface area (TPSA) is 55.6 Å². The summed E-state index contributed by atoms with van der Waals surface area (Å²) in [5, 5.41) is 4.28. The third-order valence-corrected chi connectivity index (χ3v) is 4.54. The van der Waals surface area contributed by atoms with Crippen LogP contribution in [0.25, 0.3) is 0 Å². The SMILES string of the molecule is CCCc1cc([C@H]2CCCN2Cc2ccc(C(=O)OC)cc2)no1. The predicted octanol–water partition coefficient (Wildman–Crippen LogP) is 3.75. The standard InChI is InChI=1S/C19H24N2O3/c1-3-5-16-12-17(20-24-16)18-6-4-11-21(18)13-14-7-9-15(10-8-14)19(22)23-2/h7-10,12,18H,3-6,11,13H2,1-2H3/t18-/m1/s1. The molecule has 1 fully saturated rings. The van der Waals surface area contributed by atoms with Crippen molar-refractivity contribution < 1.29 is 14.1 Å². The Hall–Kier alpha value is -2.14. The van der Waals surface area contributed by atoms with Gasteiger partial charge in [0.1, 0.15) is 11.5 Å². The molecule has 0 radical (unpaired) electrons. The molecule has 24 heavy (non-hydrogen) atoms. The first-order valence-corrected chi connectivity index (χ1v) is 8.58. The quantitative estimate of drug-likeness (QED) is 0.756. The van der Waals surface area contributed by atoms with Crippen molar-refractivity contribution in [2.45, 2.75) is 45.2 Å². The molecule has 128 valence electrons. The Morgan fingerprint density at radius 3 is 2.88 bits per heavy atom. The van der Waals surface area contributed by atoms with Crippen LogP contribution < -0.4 is 0 Å². The molecule has 0 saturated carbocycles. The number of benzene rings is 1. The molecular weight excluding hydrogens is 304 g/mol. The maximum Gasteiger partial charge on any atom is 0.337 e. The van der Waals surface area contributed by atoms with E-state index < -0.39 is 0 Å². The number of aryl methyl sites for hydroxylation is 1. The summed E-state index contributed by atoms with van der Waals surface area (Å²) in [6.45, 7) is 4.05. The van der Waals surface area contributed by atoms with Gasteiger partial charge in [-0.25, -0.2) is 4.79 Å². The number of likely N-dealkylation sites (tertiary alicyclic amines) is 1. The molecule has 0 unspecified atom stereocenters. The van der Waals surface area contributed by atoms with E-state index in [1.54, 1.807) is 0 Å². The van der Waals surface area contributed by atoms with Gasteiger partial charge in [0.05, 0.1) is 18.7 Å². The van der Waals surface area contributed by atoms with E-state index in [2.05, 4.69) is 23.0 Å². The van der Waals surface area contributed by atoms with Crippen LogP contribution in [-0.2, 0) is 17.7 Å². The summed E-state index contributed by atoms with van der Waals surface area (Å²) in [6, 6.07) is 10.1. The van der Waals surface area contributed by atoms with Crippen LogP contribution in [0.3, 0.4) is 0 Å². The lowest BCUT2D eigenvalue weighted by Gasteiger charge is -2.22. The second-order valence-electron chi connectivity index (χ2n) is 6.29. The van der Waals surface area contributed by atoms with E-state index in [9.17, 15) is 4.79 Å². The van der Waals surface area contributed by atoms with Crippen LogP contribution in [0.5, 0.6) is 0 Å². The zero-order valence-electron chi connectivity index (χ0n) is 14.3. The molecule has 1 aliphatic rings. The smallest absolute Gasteiger partial charge is 0.337 e.